The quantitative estimate of drug-likeness (QED) is 0.756. The number of nitrogens with one attached hydrogen (secondary N) is 1. The third-order valence-electron chi connectivity index (χ3n) is 2.67. The summed E-state index contributed by atoms with van der Waals surface area (Å²) in [4.78, 5) is 10.4. The molecule has 0 aliphatic rings. The van der Waals surface area contributed by atoms with E-state index in [-0.39, 0.29) is 18.2 Å². The number of carboxylic acid groups (broad SMARTS) is 1. The Kier molecular flexibility index (Phi) is 5.98. The normalized spacial score (nSPS) is 13.1. The van der Waals surface area contributed by atoms with Crippen molar-refractivity contribution in [1.82, 2.24) is 4.72 Å². The van der Waals surface area contributed by atoms with Crippen molar-refractivity contribution in [2.75, 3.05) is 5.75 Å². The minimum absolute atomic E-state index is 0.00836. The van der Waals surface area contributed by atoms with Crippen LogP contribution >= 0.6 is 0 Å². The number of carboxylic acids is 1. The molecular formula is C13H19NO4S. The summed E-state index contributed by atoms with van der Waals surface area (Å²) in [6.07, 6.45) is 0.699. The summed E-state index contributed by atoms with van der Waals surface area (Å²) < 4.78 is 26.1. The first-order valence-corrected chi connectivity index (χ1v) is 7.80. The number of rotatable bonds is 8. The van der Waals surface area contributed by atoms with Gasteiger partial charge in [0.05, 0.1) is 5.75 Å². The summed E-state index contributed by atoms with van der Waals surface area (Å²) in [5.74, 6) is -0.913. The average Bonchev–Trinajstić information content (AvgIpc) is 2.35. The van der Waals surface area contributed by atoms with Crippen LogP contribution in [0.25, 0.3) is 0 Å². The molecule has 1 atom stereocenters. The van der Waals surface area contributed by atoms with E-state index in [2.05, 4.69) is 4.72 Å². The molecule has 0 fully saturated rings. The zero-order chi connectivity index (χ0) is 14.3. The Morgan fingerprint density at radius 1 is 1.32 bits per heavy atom. The third-order valence-corrected chi connectivity index (χ3v) is 4.18. The van der Waals surface area contributed by atoms with Crippen molar-refractivity contribution in [2.45, 2.75) is 32.2 Å². The first-order chi connectivity index (χ1) is 8.89. The summed E-state index contributed by atoms with van der Waals surface area (Å²) in [6, 6.07) is 9.00. The first-order valence-electron chi connectivity index (χ1n) is 6.15. The highest BCUT2D eigenvalue weighted by Gasteiger charge is 2.15. The monoisotopic (exact) mass is 285 g/mol. The number of hydrogen-bond acceptors (Lipinski definition) is 3. The fourth-order valence-electron chi connectivity index (χ4n) is 1.66. The smallest absolute Gasteiger partial charge is 0.303 e. The van der Waals surface area contributed by atoms with Gasteiger partial charge in [0.2, 0.25) is 10.0 Å². The minimum atomic E-state index is -3.37. The molecule has 0 bridgehead atoms. The Labute approximate surface area is 113 Å². The summed E-state index contributed by atoms with van der Waals surface area (Å²) in [7, 11) is -3.37. The van der Waals surface area contributed by atoms with Crippen LogP contribution in [0.1, 0.15) is 25.3 Å². The Morgan fingerprint density at radius 2 is 1.95 bits per heavy atom. The van der Waals surface area contributed by atoms with Crippen LogP contribution in [0.3, 0.4) is 0 Å². The van der Waals surface area contributed by atoms with E-state index < -0.39 is 16.0 Å². The van der Waals surface area contributed by atoms with Crippen molar-refractivity contribution in [3.63, 3.8) is 0 Å². The van der Waals surface area contributed by atoms with E-state index in [0.717, 1.165) is 5.56 Å². The molecule has 0 heterocycles. The van der Waals surface area contributed by atoms with Gasteiger partial charge in [0, 0.05) is 12.5 Å². The summed E-state index contributed by atoms with van der Waals surface area (Å²) in [5.41, 5.74) is 0.964. The number of benzene rings is 1. The van der Waals surface area contributed by atoms with E-state index in [0.29, 0.717) is 12.8 Å². The molecule has 0 aromatic heterocycles. The maximum Gasteiger partial charge on any atom is 0.303 e. The Balaban J connectivity index is 2.41. The summed E-state index contributed by atoms with van der Waals surface area (Å²) in [5, 5.41) is 8.54. The molecule has 19 heavy (non-hydrogen) atoms. The molecule has 0 radical (unpaired) electrons. The van der Waals surface area contributed by atoms with E-state index in [9.17, 15) is 13.2 Å². The zero-order valence-corrected chi connectivity index (χ0v) is 11.7. The van der Waals surface area contributed by atoms with Crippen LogP contribution in [0, 0.1) is 0 Å². The van der Waals surface area contributed by atoms with E-state index in [4.69, 9.17) is 5.11 Å². The summed E-state index contributed by atoms with van der Waals surface area (Å²) in [6.45, 7) is 1.67. The van der Waals surface area contributed by atoms with Crippen LogP contribution < -0.4 is 4.72 Å². The Bertz CT molecular complexity index is 499. The maximum absolute atomic E-state index is 11.8. The molecule has 1 aromatic carbocycles. The summed E-state index contributed by atoms with van der Waals surface area (Å²) >= 11 is 0. The number of hydrogen-bond donors (Lipinski definition) is 2. The lowest BCUT2D eigenvalue weighted by Crippen LogP contribution is -2.35. The molecule has 6 heteroatoms. The average molecular weight is 285 g/mol. The highest BCUT2D eigenvalue weighted by atomic mass is 32.2. The molecule has 1 rings (SSSR count). The van der Waals surface area contributed by atoms with Crippen LogP contribution in [-0.2, 0) is 21.2 Å². The number of sulfonamides is 1. The lowest BCUT2D eigenvalue weighted by molar-refractivity contribution is -0.137. The molecule has 0 spiro atoms. The lowest BCUT2D eigenvalue weighted by atomic mass is 10.2. The minimum Gasteiger partial charge on any atom is -0.481 e. The molecule has 1 unspecified atom stereocenters. The number of aryl methyl sites for hydroxylation is 1. The second kappa shape index (κ2) is 7.25. The predicted octanol–water partition coefficient (Wildman–Crippen LogP) is 1.40. The van der Waals surface area contributed by atoms with Gasteiger partial charge in [-0.15, -0.1) is 0 Å². The van der Waals surface area contributed by atoms with Crippen LogP contribution in [0.15, 0.2) is 30.3 Å². The Morgan fingerprint density at radius 3 is 2.53 bits per heavy atom. The van der Waals surface area contributed by atoms with Crippen LogP contribution in [0.2, 0.25) is 0 Å². The first kappa shape index (κ1) is 15.7. The van der Waals surface area contributed by atoms with Crippen LogP contribution in [0.5, 0.6) is 0 Å². The van der Waals surface area contributed by atoms with Crippen molar-refractivity contribution >= 4 is 16.0 Å². The number of aliphatic carboxylic acids is 1. The van der Waals surface area contributed by atoms with Crippen molar-refractivity contribution in [3.8, 4) is 0 Å². The van der Waals surface area contributed by atoms with Gasteiger partial charge in [-0.25, -0.2) is 13.1 Å². The molecule has 0 aliphatic heterocycles. The van der Waals surface area contributed by atoms with E-state index in [1.54, 1.807) is 6.92 Å². The van der Waals surface area contributed by atoms with Gasteiger partial charge in [0.25, 0.3) is 0 Å². The molecule has 0 aliphatic carbocycles. The highest BCUT2D eigenvalue weighted by Crippen LogP contribution is 2.03. The largest absolute Gasteiger partial charge is 0.481 e. The zero-order valence-electron chi connectivity index (χ0n) is 10.9. The molecule has 5 nitrogen and oxygen atoms in total. The second-order valence-electron chi connectivity index (χ2n) is 4.51. The van der Waals surface area contributed by atoms with Gasteiger partial charge in [-0.3, -0.25) is 4.79 Å². The van der Waals surface area contributed by atoms with Gasteiger partial charge in [0.1, 0.15) is 0 Å². The molecule has 2 N–H and O–H groups in total. The van der Waals surface area contributed by atoms with E-state index >= 15 is 0 Å². The standard InChI is InChI=1S/C13H19NO4S/c1-11(7-8-13(15)16)14-19(17,18)10-9-12-5-3-2-4-6-12/h2-6,11,14H,7-10H2,1H3,(H,15,16). The Hall–Kier alpha value is -1.40. The third kappa shape index (κ3) is 6.93. The second-order valence-corrected chi connectivity index (χ2v) is 6.38. The predicted molar refractivity (Wildman–Crippen MR) is 73.4 cm³/mol. The van der Waals surface area contributed by atoms with Gasteiger partial charge >= 0.3 is 5.97 Å². The highest BCUT2D eigenvalue weighted by molar-refractivity contribution is 7.89. The molecule has 0 amide bonds. The molecule has 0 saturated heterocycles. The molecule has 0 saturated carbocycles. The van der Waals surface area contributed by atoms with Gasteiger partial charge in [-0.05, 0) is 25.3 Å². The SMILES string of the molecule is CC(CCC(=O)O)NS(=O)(=O)CCc1ccccc1. The van der Waals surface area contributed by atoms with Crippen LogP contribution in [-0.4, -0.2) is 31.3 Å². The lowest BCUT2D eigenvalue weighted by Gasteiger charge is -2.13. The molecule has 106 valence electrons. The molecular weight excluding hydrogens is 266 g/mol. The van der Waals surface area contributed by atoms with Gasteiger partial charge in [-0.1, -0.05) is 30.3 Å². The van der Waals surface area contributed by atoms with Crippen molar-refractivity contribution in [2.24, 2.45) is 0 Å². The molecule has 1 aromatic rings. The van der Waals surface area contributed by atoms with Gasteiger partial charge in [0.15, 0.2) is 0 Å². The van der Waals surface area contributed by atoms with Crippen molar-refractivity contribution in [3.05, 3.63) is 35.9 Å². The maximum atomic E-state index is 11.8. The van der Waals surface area contributed by atoms with E-state index in [1.807, 2.05) is 30.3 Å². The topological polar surface area (TPSA) is 83.5 Å². The van der Waals surface area contributed by atoms with Crippen molar-refractivity contribution in [1.29, 1.82) is 0 Å². The van der Waals surface area contributed by atoms with Gasteiger partial charge in [-0.2, -0.15) is 0 Å². The fraction of sp³-hybridized carbons (Fsp3) is 0.462. The number of carbonyl (C=O) groups is 1. The van der Waals surface area contributed by atoms with Crippen LogP contribution in [0.4, 0.5) is 0 Å². The fourth-order valence-corrected chi connectivity index (χ4v) is 3.01. The van der Waals surface area contributed by atoms with E-state index in [1.165, 1.54) is 0 Å². The van der Waals surface area contributed by atoms with Gasteiger partial charge < -0.3 is 5.11 Å². The van der Waals surface area contributed by atoms with Crippen molar-refractivity contribution < 1.29 is 18.3 Å².